The molecule has 3 aliphatic heterocycles. The minimum atomic E-state index is 0.771. The zero-order valence-corrected chi connectivity index (χ0v) is 12.9. The number of fused-ring (bicyclic) bond motifs is 2. The lowest BCUT2D eigenvalue weighted by atomic mass is 9.93. The van der Waals surface area contributed by atoms with Gasteiger partial charge >= 0.3 is 0 Å². The zero-order valence-electron chi connectivity index (χ0n) is 12.9. The maximum absolute atomic E-state index is 3.63. The fourth-order valence-electron chi connectivity index (χ4n) is 4.45. The largest absolute Gasteiger partial charge is 0.384 e. The first kappa shape index (κ1) is 13.6. The molecule has 0 amide bonds. The molecule has 3 heteroatoms. The molecule has 4 rings (SSSR count). The topological polar surface area (TPSA) is 18.5 Å². The maximum atomic E-state index is 3.63. The van der Waals surface area contributed by atoms with Crippen LogP contribution in [0.4, 0.5) is 5.69 Å². The predicted molar refractivity (Wildman–Crippen MR) is 87.8 cm³/mol. The van der Waals surface area contributed by atoms with Crippen LogP contribution in [0.2, 0.25) is 0 Å². The molecule has 0 aliphatic carbocycles. The van der Waals surface area contributed by atoms with E-state index in [0.717, 1.165) is 18.5 Å². The van der Waals surface area contributed by atoms with Gasteiger partial charge in [-0.25, -0.2) is 0 Å². The molecule has 3 heterocycles. The first-order valence-electron chi connectivity index (χ1n) is 8.67. The van der Waals surface area contributed by atoms with Crippen LogP contribution < -0.4 is 5.32 Å². The highest BCUT2D eigenvalue weighted by Gasteiger charge is 2.30. The molecule has 0 aromatic heterocycles. The van der Waals surface area contributed by atoms with Gasteiger partial charge in [0.15, 0.2) is 0 Å². The molecule has 1 aromatic rings. The second-order valence-corrected chi connectivity index (χ2v) is 7.05. The molecule has 2 fully saturated rings. The van der Waals surface area contributed by atoms with Crippen LogP contribution in [0, 0.1) is 5.92 Å². The minimum absolute atomic E-state index is 0.771. The molecule has 0 radical (unpaired) electrons. The molecule has 2 saturated heterocycles. The van der Waals surface area contributed by atoms with Crippen molar-refractivity contribution in [2.45, 2.75) is 31.7 Å². The summed E-state index contributed by atoms with van der Waals surface area (Å²) in [4.78, 5) is 5.48. The summed E-state index contributed by atoms with van der Waals surface area (Å²) in [6, 6.07) is 9.65. The van der Waals surface area contributed by atoms with Crippen molar-refractivity contribution in [1.82, 2.24) is 9.80 Å². The number of rotatable bonds is 2. The molecule has 1 N–H and O–H groups in total. The Morgan fingerprint density at radius 3 is 3.00 bits per heavy atom. The van der Waals surface area contributed by atoms with Gasteiger partial charge < -0.3 is 10.2 Å². The van der Waals surface area contributed by atoms with Crippen molar-refractivity contribution in [1.29, 1.82) is 0 Å². The van der Waals surface area contributed by atoms with Crippen molar-refractivity contribution in [2.24, 2.45) is 5.92 Å². The lowest BCUT2D eigenvalue weighted by molar-refractivity contribution is 0.199. The van der Waals surface area contributed by atoms with Gasteiger partial charge in [-0.1, -0.05) is 18.2 Å². The molecule has 3 nitrogen and oxygen atoms in total. The standard InChI is InChI=1S/C18H27N3/c1-2-7-18-16(5-1)11-15(12-19-18)13-20-8-4-10-21-9-3-6-17(21)14-20/h1-2,5,7,15,17,19H,3-4,6,8-14H2. The number of benzene rings is 1. The van der Waals surface area contributed by atoms with E-state index in [0.29, 0.717) is 0 Å². The number of nitrogens with zero attached hydrogens (tertiary/aromatic N) is 2. The summed E-state index contributed by atoms with van der Waals surface area (Å²) in [5.74, 6) is 0.771. The van der Waals surface area contributed by atoms with Gasteiger partial charge in [-0.2, -0.15) is 0 Å². The first-order chi connectivity index (χ1) is 10.4. The zero-order chi connectivity index (χ0) is 14.1. The van der Waals surface area contributed by atoms with E-state index in [1.165, 1.54) is 69.7 Å². The summed E-state index contributed by atoms with van der Waals surface area (Å²) in [5, 5.41) is 3.63. The van der Waals surface area contributed by atoms with Gasteiger partial charge in [-0.3, -0.25) is 4.90 Å². The highest BCUT2D eigenvalue weighted by Crippen LogP contribution is 2.26. The van der Waals surface area contributed by atoms with Gasteiger partial charge in [-0.15, -0.1) is 0 Å². The van der Waals surface area contributed by atoms with Gasteiger partial charge in [-0.05, 0) is 62.9 Å². The Labute approximate surface area is 128 Å². The molecule has 0 bridgehead atoms. The van der Waals surface area contributed by atoms with E-state index in [4.69, 9.17) is 0 Å². The SMILES string of the molecule is c1ccc2c(c1)CC(CN1CCCN3CCCC3C1)CN2. The Bertz CT molecular complexity index is 487. The van der Waals surface area contributed by atoms with E-state index in [-0.39, 0.29) is 0 Å². The van der Waals surface area contributed by atoms with Crippen LogP contribution in [0.15, 0.2) is 24.3 Å². The third-order valence-corrected chi connectivity index (χ3v) is 5.51. The van der Waals surface area contributed by atoms with E-state index in [9.17, 15) is 0 Å². The summed E-state index contributed by atoms with van der Waals surface area (Å²) in [6.07, 6.45) is 5.43. The molecule has 0 spiro atoms. The van der Waals surface area contributed by atoms with Crippen LogP contribution in [-0.2, 0) is 6.42 Å². The highest BCUT2D eigenvalue weighted by atomic mass is 15.3. The van der Waals surface area contributed by atoms with Crippen molar-refractivity contribution in [3.05, 3.63) is 29.8 Å². The van der Waals surface area contributed by atoms with Gasteiger partial charge in [0, 0.05) is 31.4 Å². The second-order valence-electron chi connectivity index (χ2n) is 7.05. The third-order valence-electron chi connectivity index (χ3n) is 5.51. The van der Waals surface area contributed by atoms with Crippen molar-refractivity contribution in [2.75, 3.05) is 44.6 Å². The van der Waals surface area contributed by atoms with Crippen molar-refractivity contribution in [3.63, 3.8) is 0 Å². The van der Waals surface area contributed by atoms with Crippen LogP contribution in [0.1, 0.15) is 24.8 Å². The van der Waals surface area contributed by atoms with E-state index < -0.39 is 0 Å². The molecule has 0 saturated carbocycles. The molecule has 3 aliphatic rings. The Morgan fingerprint density at radius 2 is 2.00 bits per heavy atom. The number of hydrogen-bond acceptors (Lipinski definition) is 3. The van der Waals surface area contributed by atoms with E-state index in [2.05, 4.69) is 39.4 Å². The molecule has 2 unspecified atom stereocenters. The van der Waals surface area contributed by atoms with Crippen LogP contribution in [-0.4, -0.2) is 55.1 Å². The smallest absolute Gasteiger partial charge is 0.0372 e. The molecule has 114 valence electrons. The van der Waals surface area contributed by atoms with Crippen molar-refractivity contribution in [3.8, 4) is 0 Å². The Kier molecular flexibility index (Phi) is 3.87. The van der Waals surface area contributed by atoms with Gasteiger partial charge in [0.05, 0.1) is 0 Å². The number of nitrogens with one attached hydrogen (secondary N) is 1. The monoisotopic (exact) mass is 285 g/mol. The summed E-state index contributed by atoms with van der Waals surface area (Å²) in [7, 11) is 0. The lowest BCUT2D eigenvalue weighted by Crippen LogP contribution is -2.41. The summed E-state index contributed by atoms with van der Waals surface area (Å²) in [5.41, 5.74) is 2.86. The van der Waals surface area contributed by atoms with Crippen LogP contribution in [0.25, 0.3) is 0 Å². The Balaban J connectivity index is 1.38. The fourth-order valence-corrected chi connectivity index (χ4v) is 4.45. The average Bonchev–Trinajstić information content (AvgIpc) is 2.86. The normalized spacial score (nSPS) is 30.3. The van der Waals surface area contributed by atoms with Gasteiger partial charge in [0.1, 0.15) is 0 Å². The highest BCUT2D eigenvalue weighted by molar-refractivity contribution is 5.53. The van der Waals surface area contributed by atoms with Crippen molar-refractivity contribution >= 4 is 5.69 Å². The quantitative estimate of drug-likeness (QED) is 0.900. The van der Waals surface area contributed by atoms with E-state index in [1.807, 2.05) is 0 Å². The minimum Gasteiger partial charge on any atom is -0.384 e. The Hall–Kier alpha value is -1.06. The van der Waals surface area contributed by atoms with Gasteiger partial charge in [0.2, 0.25) is 0 Å². The van der Waals surface area contributed by atoms with Gasteiger partial charge in [0.25, 0.3) is 0 Å². The van der Waals surface area contributed by atoms with Crippen LogP contribution in [0.5, 0.6) is 0 Å². The lowest BCUT2D eigenvalue weighted by Gasteiger charge is -2.32. The fraction of sp³-hybridized carbons (Fsp3) is 0.667. The molecular weight excluding hydrogens is 258 g/mol. The maximum Gasteiger partial charge on any atom is 0.0372 e. The Morgan fingerprint density at radius 1 is 1.10 bits per heavy atom. The van der Waals surface area contributed by atoms with E-state index in [1.54, 1.807) is 0 Å². The molecular formula is C18H27N3. The van der Waals surface area contributed by atoms with Crippen molar-refractivity contribution < 1.29 is 0 Å². The molecule has 2 atom stereocenters. The molecule has 21 heavy (non-hydrogen) atoms. The number of hydrogen-bond donors (Lipinski definition) is 1. The predicted octanol–water partition coefficient (Wildman–Crippen LogP) is 2.44. The molecule has 1 aromatic carbocycles. The second kappa shape index (κ2) is 5.98. The summed E-state index contributed by atoms with van der Waals surface area (Å²) >= 11 is 0. The number of para-hydroxylation sites is 1. The summed E-state index contributed by atoms with van der Waals surface area (Å²) in [6.45, 7) is 7.68. The third kappa shape index (κ3) is 2.95. The van der Waals surface area contributed by atoms with Crippen LogP contribution in [0.3, 0.4) is 0 Å². The van der Waals surface area contributed by atoms with Crippen LogP contribution >= 0.6 is 0 Å². The summed E-state index contributed by atoms with van der Waals surface area (Å²) < 4.78 is 0. The van der Waals surface area contributed by atoms with E-state index >= 15 is 0 Å². The average molecular weight is 285 g/mol. The first-order valence-corrected chi connectivity index (χ1v) is 8.67. The number of anilines is 1.